The van der Waals surface area contributed by atoms with Gasteiger partial charge in [0.2, 0.25) is 0 Å². The summed E-state index contributed by atoms with van der Waals surface area (Å²) in [5, 5.41) is 10.00. The maximum absolute atomic E-state index is 4.69. The number of nitrogens with zero attached hydrogens (tertiary/aromatic N) is 3. The van der Waals surface area contributed by atoms with Crippen molar-refractivity contribution in [3.05, 3.63) is 16.1 Å². The first kappa shape index (κ1) is 20.9. The zero-order chi connectivity index (χ0) is 17.6. The van der Waals surface area contributed by atoms with E-state index in [2.05, 4.69) is 46.7 Å². The number of thiazole rings is 1. The highest BCUT2D eigenvalue weighted by molar-refractivity contribution is 7.09. The molecule has 0 aliphatic carbocycles. The Bertz CT molecular complexity index is 452. The van der Waals surface area contributed by atoms with Gasteiger partial charge in [0.05, 0.1) is 10.7 Å². The number of nitrogens with one attached hydrogen (secondary N) is 2. The maximum atomic E-state index is 4.69. The summed E-state index contributed by atoms with van der Waals surface area (Å²) in [5.41, 5.74) is 1.16. The Labute approximate surface area is 152 Å². The molecule has 0 unspecified atom stereocenters. The molecule has 0 radical (unpaired) electrons. The van der Waals surface area contributed by atoms with Crippen LogP contribution >= 0.6 is 11.3 Å². The highest BCUT2D eigenvalue weighted by atomic mass is 32.1. The summed E-state index contributed by atoms with van der Waals surface area (Å²) in [6.07, 6.45) is 4.50. The minimum atomic E-state index is 0.868. The van der Waals surface area contributed by atoms with Gasteiger partial charge >= 0.3 is 0 Å². The summed E-state index contributed by atoms with van der Waals surface area (Å²) in [7, 11) is 0. The van der Waals surface area contributed by atoms with E-state index in [1.165, 1.54) is 25.9 Å². The van der Waals surface area contributed by atoms with Crippen LogP contribution in [0, 0.1) is 6.92 Å². The molecule has 1 heterocycles. The van der Waals surface area contributed by atoms with E-state index in [-0.39, 0.29) is 0 Å². The molecule has 0 bridgehead atoms. The topological polar surface area (TPSA) is 52.5 Å². The van der Waals surface area contributed by atoms with E-state index < -0.39 is 0 Å². The van der Waals surface area contributed by atoms with E-state index in [0.717, 1.165) is 55.7 Å². The van der Waals surface area contributed by atoms with Crippen LogP contribution in [0.5, 0.6) is 0 Å². The van der Waals surface area contributed by atoms with Gasteiger partial charge in [0.15, 0.2) is 5.96 Å². The third-order valence-corrected chi connectivity index (χ3v) is 4.49. The standard InChI is InChI=1S/C18H35N5S/c1-5-12-23(13-6-2)14-8-10-20-18(19-7-3)21-11-9-17-15-24-16(4)22-17/h15H,5-14H2,1-4H3,(H2,19,20,21). The van der Waals surface area contributed by atoms with E-state index in [9.17, 15) is 0 Å². The number of guanidine groups is 1. The SMILES string of the molecule is CCCN(CCC)CCCN=C(NCC)NCCc1csc(C)n1. The minimum Gasteiger partial charge on any atom is -0.357 e. The minimum absolute atomic E-state index is 0.868. The summed E-state index contributed by atoms with van der Waals surface area (Å²) in [6.45, 7) is 14.8. The van der Waals surface area contributed by atoms with Crippen LogP contribution in [-0.2, 0) is 6.42 Å². The van der Waals surface area contributed by atoms with Crippen molar-refractivity contribution in [3.63, 3.8) is 0 Å². The summed E-state index contributed by atoms with van der Waals surface area (Å²) >= 11 is 1.71. The third kappa shape index (κ3) is 9.23. The average Bonchev–Trinajstić information content (AvgIpc) is 2.97. The average molecular weight is 354 g/mol. The Hall–Kier alpha value is -1.14. The van der Waals surface area contributed by atoms with Crippen LogP contribution in [0.2, 0.25) is 0 Å². The van der Waals surface area contributed by atoms with Crippen LogP contribution in [-0.4, -0.2) is 55.1 Å². The van der Waals surface area contributed by atoms with Crippen LogP contribution in [0.1, 0.15) is 50.7 Å². The van der Waals surface area contributed by atoms with Crippen molar-refractivity contribution in [1.82, 2.24) is 20.5 Å². The zero-order valence-electron chi connectivity index (χ0n) is 15.9. The molecular formula is C18H35N5S. The number of hydrogen-bond acceptors (Lipinski definition) is 4. The van der Waals surface area contributed by atoms with Crippen molar-refractivity contribution in [1.29, 1.82) is 0 Å². The predicted octanol–water partition coefficient (Wildman–Crippen LogP) is 3.06. The fraction of sp³-hybridized carbons (Fsp3) is 0.778. The van der Waals surface area contributed by atoms with Gasteiger partial charge in [-0.3, -0.25) is 4.99 Å². The Balaban J connectivity index is 2.30. The maximum Gasteiger partial charge on any atom is 0.191 e. The predicted molar refractivity (Wildman–Crippen MR) is 106 cm³/mol. The van der Waals surface area contributed by atoms with E-state index >= 15 is 0 Å². The first-order valence-electron chi connectivity index (χ1n) is 9.35. The van der Waals surface area contributed by atoms with Crippen molar-refractivity contribution in [2.75, 3.05) is 39.3 Å². The van der Waals surface area contributed by atoms with Crippen LogP contribution in [0.4, 0.5) is 0 Å². The van der Waals surface area contributed by atoms with Gasteiger partial charge in [0, 0.05) is 31.4 Å². The molecule has 0 amide bonds. The van der Waals surface area contributed by atoms with Gasteiger partial charge in [-0.1, -0.05) is 13.8 Å². The monoisotopic (exact) mass is 353 g/mol. The smallest absolute Gasteiger partial charge is 0.191 e. The molecule has 1 aromatic rings. The first-order chi connectivity index (χ1) is 11.7. The second-order valence-electron chi connectivity index (χ2n) is 5.99. The second kappa shape index (κ2) is 13.2. The number of aliphatic imine (C=N–C) groups is 1. The molecule has 0 atom stereocenters. The molecule has 2 N–H and O–H groups in total. The Kier molecular flexibility index (Phi) is 11.5. The molecule has 5 nitrogen and oxygen atoms in total. The molecule has 138 valence electrons. The number of rotatable bonds is 12. The van der Waals surface area contributed by atoms with Crippen LogP contribution in [0.3, 0.4) is 0 Å². The van der Waals surface area contributed by atoms with E-state index in [0.29, 0.717) is 0 Å². The fourth-order valence-corrected chi connectivity index (χ4v) is 3.27. The lowest BCUT2D eigenvalue weighted by molar-refractivity contribution is 0.273. The summed E-state index contributed by atoms with van der Waals surface area (Å²) < 4.78 is 0. The molecule has 1 rings (SSSR count). The van der Waals surface area contributed by atoms with E-state index in [1.54, 1.807) is 11.3 Å². The normalized spacial score (nSPS) is 12.0. The van der Waals surface area contributed by atoms with E-state index in [4.69, 9.17) is 4.99 Å². The van der Waals surface area contributed by atoms with Gasteiger partial charge in [-0.2, -0.15) is 0 Å². The van der Waals surface area contributed by atoms with Gasteiger partial charge in [0.25, 0.3) is 0 Å². The molecule has 0 fully saturated rings. The molecule has 6 heteroatoms. The molecular weight excluding hydrogens is 318 g/mol. The van der Waals surface area contributed by atoms with Gasteiger partial charge in [-0.05, 0) is 52.7 Å². The molecule has 0 saturated heterocycles. The van der Waals surface area contributed by atoms with Crippen LogP contribution < -0.4 is 10.6 Å². The fourth-order valence-electron chi connectivity index (χ4n) is 2.63. The lowest BCUT2D eigenvalue weighted by Crippen LogP contribution is -2.38. The van der Waals surface area contributed by atoms with Gasteiger partial charge in [0.1, 0.15) is 0 Å². The van der Waals surface area contributed by atoms with E-state index in [1.807, 2.05) is 6.92 Å². The van der Waals surface area contributed by atoms with Gasteiger partial charge in [-0.25, -0.2) is 4.98 Å². The quantitative estimate of drug-likeness (QED) is 0.344. The molecule has 1 aromatic heterocycles. The molecule has 0 aliphatic heterocycles. The molecule has 0 spiro atoms. The summed E-state index contributed by atoms with van der Waals surface area (Å²) in [5.74, 6) is 0.919. The summed E-state index contributed by atoms with van der Waals surface area (Å²) in [6, 6.07) is 0. The molecule has 0 aromatic carbocycles. The van der Waals surface area contributed by atoms with Crippen molar-refractivity contribution < 1.29 is 0 Å². The lowest BCUT2D eigenvalue weighted by Gasteiger charge is -2.20. The van der Waals surface area contributed by atoms with Crippen molar-refractivity contribution >= 4 is 17.3 Å². The number of hydrogen-bond donors (Lipinski definition) is 2. The number of aromatic nitrogens is 1. The Morgan fingerprint density at radius 2 is 1.92 bits per heavy atom. The molecule has 0 aliphatic rings. The molecule has 24 heavy (non-hydrogen) atoms. The highest BCUT2D eigenvalue weighted by Crippen LogP contribution is 2.07. The second-order valence-corrected chi connectivity index (χ2v) is 7.05. The lowest BCUT2D eigenvalue weighted by atomic mass is 10.3. The number of aryl methyl sites for hydroxylation is 1. The Morgan fingerprint density at radius 3 is 2.50 bits per heavy atom. The van der Waals surface area contributed by atoms with Crippen molar-refractivity contribution in [3.8, 4) is 0 Å². The first-order valence-corrected chi connectivity index (χ1v) is 10.2. The largest absolute Gasteiger partial charge is 0.357 e. The van der Waals surface area contributed by atoms with Gasteiger partial charge < -0.3 is 15.5 Å². The highest BCUT2D eigenvalue weighted by Gasteiger charge is 2.03. The van der Waals surface area contributed by atoms with Crippen molar-refractivity contribution in [2.45, 2.75) is 53.4 Å². The zero-order valence-corrected chi connectivity index (χ0v) is 16.7. The van der Waals surface area contributed by atoms with Crippen LogP contribution in [0.15, 0.2) is 10.4 Å². The van der Waals surface area contributed by atoms with Crippen molar-refractivity contribution in [2.24, 2.45) is 4.99 Å². The van der Waals surface area contributed by atoms with Gasteiger partial charge in [-0.15, -0.1) is 11.3 Å². The third-order valence-electron chi connectivity index (χ3n) is 3.67. The van der Waals surface area contributed by atoms with Crippen LogP contribution in [0.25, 0.3) is 0 Å². The summed E-state index contributed by atoms with van der Waals surface area (Å²) in [4.78, 5) is 11.7. The Morgan fingerprint density at radius 1 is 1.17 bits per heavy atom. The molecule has 0 saturated carbocycles.